The molecule has 192 valence electrons. The SMILES string of the molecule is COc1ccc(C)cc1N(CC(=O)N(Cc1ccccc1Cl)C(C)C(=O)NCC(C)C)S(C)(=O)=O. The Morgan fingerprint density at radius 2 is 1.77 bits per heavy atom. The van der Waals surface area contributed by atoms with Gasteiger partial charge < -0.3 is 15.0 Å². The smallest absolute Gasteiger partial charge is 0.244 e. The molecule has 0 aliphatic carbocycles. The van der Waals surface area contributed by atoms with E-state index in [1.807, 2.05) is 20.8 Å². The summed E-state index contributed by atoms with van der Waals surface area (Å²) in [5.74, 6) is -0.341. The van der Waals surface area contributed by atoms with Crippen LogP contribution in [0, 0.1) is 12.8 Å². The van der Waals surface area contributed by atoms with Crippen LogP contribution >= 0.6 is 11.6 Å². The van der Waals surface area contributed by atoms with E-state index in [1.54, 1.807) is 49.4 Å². The summed E-state index contributed by atoms with van der Waals surface area (Å²) in [6.45, 7) is 7.35. The lowest BCUT2D eigenvalue weighted by molar-refractivity contribution is -0.139. The van der Waals surface area contributed by atoms with E-state index in [1.165, 1.54) is 12.0 Å². The minimum Gasteiger partial charge on any atom is -0.495 e. The van der Waals surface area contributed by atoms with Gasteiger partial charge in [0.25, 0.3) is 0 Å². The molecule has 1 unspecified atom stereocenters. The number of anilines is 1. The molecule has 1 N–H and O–H groups in total. The van der Waals surface area contributed by atoms with E-state index in [-0.39, 0.29) is 24.1 Å². The van der Waals surface area contributed by atoms with Crippen molar-refractivity contribution in [2.75, 3.05) is 30.8 Å². The van der Waals surface area contributed by atoms with Gasteiger partial charge in [-0.05, 0) is 49.1 Å². The summed E-state index contributed by atoms with van der Waals surface area (Å²) in [5, 5.41) is 3.29. The second-order valence-electron chi connectivity index (χ2n) is 8.87. The number of nitrogens with one attached hydrogen (secondary N) is 1. The fourth-order valence-electron chi connectivity index (χ4n) is 3.43. The molecule has 35 heavy (non-hydrogen) atoms. The van der Waals surface area contributed by atoms with Crippen LogP contribution in [0.25, 0.3) is 0 Å². The Balaban J connectivity index is 2.45. The number of carbonyl (C=O) groups excluding carboxylic acids is 2. The first-order chi connectivity index (χ1) is 16.3. The second-order valence-corrected chi connectivity index (χ2v) is 11.2. The number of carbonyl (C=O) groups is 2. The van der Waals surface area contributed by atoms with E-state index >= 15 is 0 Å². The van der Waals surface area contributed by atoms with Crippen molar-refractivity contribution in [3.8, 4) is 5.75 Å². The number of rotatable bonds is 11. The fraction of sp³-hybridized carbons (Fsp3) is 0.440. The van der Waals surface area contributed by atoms with Crippen molar-refractivity contribution < 1.29 is 22.7 Å². The Morgan fingerprint density at radius 3 is 2.34 bits per heavy atom. The Morgan fingerprint density at radius 1 is 1.11 bits per heavy atom. The summed E-state index contributed by atoms with van der Waals surface area (Å²) in [5.41, 5.74) is 1.69. The number of aryl methyl sites for hydroxylation is 1. The first kappa shape index (κ1) is 28.5. The number of ether oxygens (including phenoxy) is 1. The molecule has 2 aromatic carbocycles. The van der Waals surface area contributed by atoms with Crippen LogP contribution < -0.4 is 14.4 Å². The summed E-state index contributed by atoms with van der Waals surface area (Å²) < 4.78 is 31.9. The highest BCUT2D eigenvalue weighted by Crippen LogP contribution is 2.31. The maximum Gasteiger partial charge on any atom is 0.244 e. The third kappa shape index (κ3) is 7.86. The molecule has 2 aromatic rings. The van der Waals surface area contributed by atoms with Crippen molar-refractivity contribution in [2.45, 2.75) is 40.3 Å². The molecule has 0 radical (unpaired) electrons. The standard InChI is InChI=1S/C25H34ClN3O5S/c1-17(2)14-27-25(31)19(4)28(15-20-9-7-8-10-21(20)26)24(30)16-29(35(6,32)33)22-13-18(3)11-12-23(22)34-5/h7-13,17,19H,14-16H2,1-6H3,(H,27,31). The molecule has 0 bridgehead atoms. The number of nitrogens with zero attached hydrogens (tertiary/aromatic N) is 2. The van der Waals surface area contributed by atoms with Crippen LogP contribution in [0.1, 0.15) is 31.9 Å². The van der Waals surface area contributed by atoms with Gasteiger partial charge in [0.15, 0.2) is 0 Å². The lowest BCUT2D eigenvalue weighted by atomic mass is 10.1. The normalized spacial score (nSPS) is 12.2. The van der Waals surface area contributed by atoms with Gasteiger partial charge in [0, 0.05) is 18.1 Å². The lowest BCUT2D eigenvalue weighted by Gasteiger charge is -2.32. The first-order valence-corrected chi connectivity index (χ1v) is 13.5. The maximum absolute atomic E-state index is 13.6. The molecule has 0 aliphatic rings. The van der Waals surface area contributed by atoms with Gasteiger partial charge in [-0.25, -0.2) is 8.42 Å². The molecule has 0 fully saturated rings. The quantitative estimate of drug-likeness (QED) is 0.485. The van der Waals surface area contributed by atoms with Crippen LogP contribution in [-0.4, -0.2) is 57.6 Å². The van der Waals surface area contributed by atoms with Crippen molar-refractivity contribution in [3.63, 3.8) is 0 Å². The second kappa shape index (κ2) is 12.3. The van der Waals surface area contributed by atoms with Crippen molar-refractivity contribution in [2.24, 2.45) is 5.92 Å². The Bertz CT molecular complexity index is 1150. The molecule has 0 saturated carbocycles. The van der Waals surface area contributed by atoms with Crippen LogP contribution in [0.3, 0.4) is 0 Å². The van der Waals surface area contributed by atoms with Crippen molar-refractivity contribution >= 4 is 39.1 Å². The molecule has 2 rings (SSSR count). The number of amides is 2. The third-order valence-electron chi connectivity index (χ3n) is 5.43. The summed E-state index contributed by atoms with van der Waals surface area (Å²) in [4.78, 5) is 27.8. The van der Waals surface area contributed by atoms with Crippen LogP contribution in [0.4, 0.5) is 5.69 Å². The number of benzene rings is 2. The van der Waals surface area contributed by atoms with Crippen molar-refractivity contribution in [1.29, 1.82) is 0 Å². The van der Waals surface area contributed by atoms with E-state index in [0.29, 0.717) is 22.9 Å². The molecule has 0 spiro atoms. The average Bonchev–Trinajstić information content (AvgIpc) is 2.79. The van der Waals surface area contributed by atoms with E-state index < -0.39 is 28.5 Å². The Kier molecular flexibility index (Phi) is 9.97. The first-order valence-electron chi connectivity index (χ1n) is 11.3. The molecule has 0 saturated heterocycles. The fourth-order valence-corrected chi connectivity index (χ4v) is 4.48. The highest BCUT2D eigenvalue weighted by atomic mass is 35.5. The summed E-state index contributed by atoms with van der Waals surface area (Å²) in [6.07, 6.45) is 1.03. The Hall–Kier alpha value is -2.78. The van der Waals surface area contributed by atoms with E-state index in [0.717, 1.165) is 16.1 Å². The van der Waals surface area contributed by atoms with E-state index in [2.05, 4.69) is 5.32 Å². The monoisotopic (exact) mass is 523 g/mol. The minimum atomic E-state index is -3.87. The molecule has 1 atom stereocenters. The van der Waals surface area contributed by atoms with Crippen LogP contribution in [-0.2, 0) is 26.2 Å². The number of hydrogen-bond donors (Lipinski definition) is 1. The average molecular weight is 524 g/mol. The lowest BCUT2D eigenvalue weighted by Crippen LogP contribution is -2.51. The molecule has 0 aromatic heterocycles. The van der Waals surface area contributed by atoms with Gasteiger partial charge >= 0.3 is 0 Å². The van der Waals surface area contributed by atoms with Crippen LogP contribution in [0.2, 0.25) is 5.02 Å². The number of hydrogen-bond acceptors (Lipinski definition) is 5. The minimum absolute atomic E-state index is 0.0390. The maximum atomic E-state index is 13.6. The van der Waals surface area contributed by atoms with Gasteiger partial charge in [-0.2, -0.15) is 0 Å². The molecule has 0 heterocycles. The number of sulfonamides is 1. The van der Waals surface area contributed by atoms with Crippen molar-refractivity contribution in [1.82, 2.24) is 10.2 Å². The summed E-state index contributed by atoms with van der Waals surface area (Å²) >= 11 is 6.33. The molecular formula is C25H34ClN3O5S. The molecule has 0 aliphatic heterocycles. The van der Waals surface area contributed by atoms with E-state index in [9.17, 15) is 18.0 Å². The van der Waals surface area contributed by atoms with Crippen LogP contribution in [0.15, 0.2) is 42.5 Å². The number of methoxy groups -OCH3 is 1. The molecular weight excluding hydrogens is 490 g/mol. The van der Waals surface area contributed by atoms with Gasteiger partial charge in [0.2, 0.25) is 21.8 Å². The topological polar surface area (TPSA) is 96.0 Å². The zero-order valence-corrected chi connectivity index (χ0v) is 22.6. The molecule has 2 amide bonds. The molecule has 8 nitrogen and oxygen atoms in total. The number of halogens is 1. The highest BCUT2D eigenvalue weighted by Gasteiger charge is 2.31. The Labute approximate surface area is 213 Å². The summed E-state index contributed by atoms with van der Waals surface area (Å²) in [7, 11) is -2.43. The van der Waals surface area contributed by atoms with Gasteiger partial charge in [-0.1, -0.05) is 49.7 Å². The summed E-state index contributed by atoms with van der Waals surface area (Å²) in [6, 6.07) is 11.2. The zero-order valence-electron chi connectivity index (χ0n) is 21.0. The van der Waals surface area contributed by atoms with Gasteiger partial charge in [0.05, 0.1) is 19.1 Å². The van der Waals surface area contributed by atoms with Gasteiger partial charge in [-0.15, -0.1) is 0 Å². The largest absolute Gasteiger partial charge is 0.495 e. The zero-order chi connectivity index (χ0) is 26.3. The van der Waals surface area contributed by atoms with Crippen LogP contribution in [0.5, 0.6) is 5.75 Å². The van der Waals surface area contributed by atoms with Gasteiger partial charge in [-0.3, -0.25) is 13.9 Å². The van der Waals surface area contributed by atoms with Gasteiger partial charge in [0.1, 0.15) is 18.3 Å². The van der Waals surface area contributed by atoms with E-state index in [4.69, 9.17) is 16.3 Å². The molecule has 10 heteroatoms. The van der Waals surface area contributed by atoms with Crippen molar-refractivity contribution in [3.05, 3.63) is 58.6 Å². The predicted octanol–water partition coefficient (Wildman–Crippen LogP) is 3.61. The predicted molar refractivity (Wildman–Crippen MR) is 139 cm³/mol. The third-order valence-corrected chi connectivity index (χ3v) is 6.93. The highest BCUT2D eigenvalue weighted by molar-refractivity contribution is 7.92.